The van der Waals surface area contributed by atoms with Gasteiger partial charge in [-0.15, -0.1) is 0 Å². The zero-order valence-corrected chi connectivity index (χ0v) is 15.2. The molecule has 0 saturated heterocycles. The fraction of sp³-hybridized carbons (Fsp3) is 0.682. The Bertz CT molecular complexity index is 615. The van der Waals surface area contributed by atoms with Crippen molar-refractivity contribution in [1.29, 1.82) is 0 Å². The molecule has 25 heavy (non-hydrogen) atoms. The molecule has 0 amide bonds. The molecule has 0 spiro atoms. The van der Waals surface area contributed by atoms with Gasteiger partial charge in [-0.2, -0.15) is 13.8 Å². The molecule has 3 rings (SSSR count). The lowest BCUT2D eigenvalue weighted by Crippen LogP contribution is -2.25. The Hall–Kier alpha value is -1.43. The van der Waals surface area contributed by atoms with Crippen molar-refractivity contribution in [2.75, 3.05) is 0 Å². The highest BCUT2D eigenvalue weighted by atomic mass is 19.1. The Kier molecular flexibility index (Phi) is 6.45. The molecule has 0 unspecified atom stereocenters. The molecule has 2 aliphatic carbocycles. The SMILES string of the molecule is CCCC1CCC(C2CCC(C#Cc3ccc(F)nc3F)CC2)CC1. The quantitative estimate of drug-likeness (QED) is 0.475. The standard InChI is InChI=1S/C22H29F2N/c1-2-3-16-4-9-18(10-5-16)19-11-6-17(7-12-19)8-13-20-14-15-21(23)25-22(20)24/h14-19H,2-7,9-12H2,1H3. The van der Waals surface area contributed by atoms with Crippen LogP contribution < -0.4 is 0 Å². The first-order chi connectivity index (χ1) is 12.2. The first kappa shape index (κ1) is 18.4. The van der Waals surface area contributed by atoms with E-state index in [1.165, 1.54) is 63.5 Å². The minimum Gasteiger partial charge on any atom is -0.189 e. The van der Waals surface area contributed by atoms with Crippen LogP contribution in [0.1, 0.15) is 76.7 Å². The summed E-state index contributed by atoms with van der Waals surface area (Å²) in [6.45, 7) is 2.29. The molecule has 2 fully saturated rings. The molecule has 2 saturated carbocycles. The summed E-state index contributed by atoms with van der Waals surface area (Å²) in [6, 6.07) is 2.55. The van der Waals surface area contributed by atoms with E-state index >= 15 is 0 Å². The van der Waals surface area contributed by atoms with Gasteiger partial charge in [0.2, 0.25) is 11.9 Å². The third kappa shape index (κ3) is 5.03. The first-order valence-electron chi connectivity index (χ1n) is 9.99. The van der Waals surface area contributed by atoms with Gasteiger partial charge in [0.25, 0.3) is 0 Å². The van der Waals surface area contributed by atoms with E-state index in [4.69, 9.17) is 0 Å². The van der Waals surface area contributed by atoms with E-state index in [2.05, 4.69) is 23.7 Å². The van der Waals surface area contributed by atoms with Gasteiger partial charge >= 0.3 is 0 Å². The van der Waals surface area contributed by atoms with Crippen LogP contribution in [0.2, 0.25) is 0 Å². The van der Waals surface area contributed by atoms with Gasteiger partial charge in [0, 0.05) is 5.92 Å². The van der Waals surface area contributed by atoms with Crippen molar-refractivity contribution in [2.24, 2.45) is 23.7 Å². The Morgan fingerprint density at radius 1 is 0.960 bits per heavy atom. The van der Waals surface area contributed by atoms with Crippen molar-refractivity contribution in [3.05, 3.63) is 29.6 Å². The van der Waals surface area contributed by atoms with Crippen LogP contribution in [0.25, 0.3) is 0 Å². The number of hydrogen-bond acceptors (Lipinski definition) is 1. The number of pyridine rings is 1. The van der Waals surface area contributed by atoms with Gasteiger partial charge in [-0.05, 0) is 68.4 Å². The number of halogens is 2. The maximum atomic E-state index is 13.5. The number of nitrogens with zero attached hydrogens (tertiary/aromatic N) is 1. The zero-order chi connectivity index (χ0) is 17.6. The third-order valence-electron chi connectivity index (χ3n) is 6.25. The van der Waals surface area contributed by atoms with Crippen LogP contribution in [0.5, 0.6) is 0 Å². The minimum atomic E-state index is -0.801. The molecule has 0 N–H and O–H groups in total. The molecule has 0 aliphatic heterocycles. The van der Waals surface area contributed by atoms with Crippen molar-refractivity contribution in [1.82, 2.24) is 4.98 Å². The van der Waals surface area contributed by atoms with Gasteiger partial charge in [-0.3, -0.25) is 0 Å². The van der Waals surface area contributed by atoms with Crippen LogP contribution >= 0.6 is 0 Å². The molecule has 3 heteroatoms. The van der Waals surface area contributed by atoms with E-state index in [1.807, 2.05) is 0 Å². The van der Waals surface area contributed by atoms with E-state index in [-0.39, 0.29) is 5.56 Å². The smallest absolute Gasteiger partial charge is 0.189 e. The van der Waals surface area contributed by atoms with Crippen molar-refractivity contribution in [3.63, 3.8) is 0 Å². The van der Waals surface area contributed by atoms with Gasteiger partial charge in [0.05, 0.1) is 5.56 Å². The van der Waals surface area contributed by atoms with Gasteiger partial charge in [-0.1, -0.05) is 44.4 Å². The van der Waals surface area contributed by atoms with E-state index in [9.17, 15) is 8.78 Å². The van der Waals surface area contributed by atoms with Crippen LogP contribution in [-0.4, -0.2) is 4.98 Å². The largest absolute Gasteiger partial charge is 0.231 e. The van der Waals surface area contributed by atoms with E-state index < -0.39 is 11.9 Å². The Labute approximate surface area is 150 Å². The summed E-state index contributed by atoms with van der Waals surface area (Å²) in [7, 11) is 0. The second-order valence-electron chi connectivity index (χ2n) is 7.92. The number of aromatic nitrogens is 1. The average Bonchev–Trinajstić information content (AvgIpc) is 2.62. The van der Waals surface area contributed by atoms with Gasteiger partial charge in [0.15, 0.2) is 0 Å². The lowest BCUT2D eigenvalue weighted by molar-refractivity contribution is 0.154. The molecule has 1 aromatic rings. The van der Waals surface area contributed by atoms with Crippen LogP contribution in [0.3, 0.4) is 0 Å². The van der Waals surface area contributed by atoms with Crippen molar-refractivity contribution < 1.29 is 8.78 Å². The highest BCUT2D eigenvalue weighted by Gasteiger charge is 2.30. The van der Waals surface area contributed by atoms with Crippen LogP contribution in [-0.2, 0) is 0 Å². The Balaban J connectivity index is 1.47. The predicted octanol–water partition coefficient (Wildman–Crippen LogP) is 6.12. The van der Waals surface area contributed by atoms with Crippen LogP contribution in [0, 0.1) is 47.4 Å². The molecule has 2 aliphatic rings. The van der Waals surface area contributed by atoms with Crippen LogP contribution in [0.15, 0.2) is 12.1 Å². The topological polar surface area (TPSA) is 12.9 Å². The fourth-order valence-electron chi connectivity index (χ4n) is 4.78. The van der Waals surface area contributed by atoms with E-state index in [1.54, 1.807) is 0 Å². The van der Waals surface area contributed by atoms with E-state index in [0.717, 1.165) is 30.6 Å². The molecule has 1 heterocycles. The van der Waals surface area contributed by atoms with Crippen LogP contribution in [0.4, 0.5) is 8.78 Å². The van der Waals surface area contributed by atoms with Gasteiger partial charge in [-0.25, -0.2) is 0 Å². The summed E-state index contributed by atoms with van der Waals surface area (Å²) in [5.41, 5.74) is 0.206. The summed E-state index contributed by atoms with van der Waals surface area (Å²) in [5.74, 6) is 7.57. The second-order valence-corrected chi connectivity index (χ2v) is 7.92. The first-order valence-corrected chi connectivity index (χ1v) is 9.99. The van der Waals surface area contributed by atoms with Crippen molar-refractivity contribution in [2.45, 2.75) is 71.1 Å². The normalized spacial score (nSPS) is 29.7. The monoisotopic (exact) mass is 345 g/mol. The maximum Gasteiger partial charge on any atom is 0.231 e. The molecular weight excluding hydrogens is 316 g/mol. The molecule has 1 nitrogen and oxygen atoms in total. The molecule has 0 atom stereocenters. The average molecular weight is 345 g/mol. The molecule has 0 radical (unpaired) electrons. The Morgan fingerprint density at radius 3 is 2.20 bits per heavy atom. The molecule has 136 valence electrons. The molecule has 0 bridgehead atoms. The van der Waals surface area contributed by atoms with Gasteiger partial charge < -0.3 is 0 Å². The summed E-state index contributed by atoms with van der Waals surface area (Å²) in [5, 5.41) is 0. The zero-order valence-electron chi connectivity index (χ0n) is 15.2. The lowest BCUT2D eigenvalue weighted by Gasteiger charge is -2.37. The second kappa shape index (κ2) is 8.79. The summed E-state index contributed by atoms with van der Waals surface area (Å²) >= 11 is 0. The number of hydrogen-bond donors (Lipinski definition) is 0. The van der Waals surface area contributed by atoms with E-state index in [0.29, 0.717) is 5.92 Å². The summed E-state index contributed by atoms with van der Waals surface area (Å²) in [6.07, 6.45) is 13.2. The molecule has 0 aromatic carbocycles. The molecule has 1 aromatic heterocycles. The maximum absolute atomic E-state index is 13.5. The van der Waals surface area contributed by atoms with Gasteiger partial charge in [0.1, 0.15) is 0 Å². The minimum absolute atomic E-state index is 0.206. The highest BCUT2D eigenvalue weighted by molar-refractivity contribution is 5.33. The fourth-order valence-corrected chi connectivity index (χ4v) is 4.78. The van der Waals surface area contributed by atoms with Crippen molar-refractivity contribution >= 4 is 0 Å². The molecular formula is C22H29F2N. The van der Waals surface area contributed by atoms with Crippen molar-refractivity contribution in [3.8, 4) is 11.8 Å². The Morgan fingerprint density at radius 2 is 1.60 bits per heavy atom. The third-order valence-corrected chi connectivity index (χ3v) is 6.25. The number of rotatable bonds is 3. The lowest BCUT2D eigenvalue weighted by atomic mass is 9.69. The highest BCUT2D eigenvalue weighted by Crippen LogP contribution is 2.42. The summed E-state index contributed by atoms with van der Waals surface area (Å²) in [4.78, 5) is 3.19. The summed E-state index contributed by atoms with van der Waals surface area (Å²) < 4.78 is 26.4. The predicted molar refractivity (Wildman–Crippen MR) is 96.8 cm³/mol.